The van der Waals surface area contributed by atoms with Gasteiger partial charge in [0.25, 0.3) is 0 Å². The largest absolute Gasteiger partial charge is 0.411 e. The first kappa shape index (κ1) is 22.9. The lowest BCUT2D eigenvalue weighted by Crippen LogP contribution is -2.50. The van der Waals surface area contributed by atoms with E-state index in [9.17, 15) is 18.0 Å². The average Bonchev–Trinajstić information content (AvgIpc) is 3.36. The SMILES string of the molecule is CC(C(=O)N1CCN(CCCOCC(F)(F)F)CC1)n1c(-c2cccs2)n[nH]c1=S. The summed E-state index contributed by atoms with van der Waals surface area (Å²) >= 11 is 6.87. The molecular weight excluding hydrogens is 439 g/mol. The normalized spacial score (nSPS) is 16.7. The van der Waals surface area contributed by atoms with Gasteiger partial charge in [-0.2, -0.15) is 18.3 Å². The number of carbonyl (C=O) groups is 1. The lowest BCUT2D eigenvalue weighted by atomic mass is 10.2. The molecule has 0 aliphatic carbocycles. The number of thiophene rings is 1. The molecule has 1 amide bonds. The van der Waals surface area contributed by atoms with Crippen molar-refractivity contribution in [2.24, 2.45) is 0 Å². The molecule has 1 aliphatic rings. The van der Waals surface area contributed by atoms with Gasteiger partial charge in [-0.3, -0.25) is 19.4 Å². The van der Waals surface area contributed by atoms with Crippen LogP contribution < -0.4 is 0 Å². The Kier molecular flexibility index (Phi) is 7.66. The molecule has 1 N–H and O–H groups in total. The number of halogens is 3. The van der Waals surface area contributed by atoms with Crippen LogP contribution in [0.5, 0.6) is 0 Å². The maximum atomic E-state index is 13.0. The van der Waals surface area contributed by atoms with E-state index < -0.39 is 18.8 Å². The zero-order valence-electron chi connectivity index (χ0n) is 16.5. The highest BCUT2D eigenvalue weighted by Gasteiger charge is 2.29. The number of carbonyl (C=O) groups excluding carboxylic acids is 1. The summed E-state index contributed by atoms with van der Waals surface area (Å²) < 4.78 is 43.0. The third-order valence-electron chi connectivity index (χ3n) is 4.90. The van der Waals surface area contributed by atoms with Crippen LogP contribution in [-0.4, -0.2) is 82.6 Å². The first-order chi connectivity index (χ1) is 14.3. The van der Waals surface area contributed by atoms with E-state index in [4.69, 9.17) is 12.2 Å². The summed E-state index contributed by atoms with van der Waals surface area (Å²) in [4.78, 5) is 17.9. The Hall–Kier alpha value is -1.76. The molecule has 1 atom stereocenters. The van der Waals surface area contributed by atoms with Crippen LogP contribution in [0.3, 0.4) is 0 Å². The number of alkyl halides is 3. The van der Waals surface area contributed by atoms with Crippen LogP contribution >= 0.6 is 23.6 Å². The number of nitrogens with one attached hydrogen (secondary N) is 1. The highest BCUT2D eigenvalue weighted by atomic mass is 32.1. The number of rotatable bonds is 8. The summed E-state index contributed by atoms with van der Waals surface area (Å²) in [5.74, 6) is 0.617. The predicted octanol–water partition coefficient (Wildman–Crippen LogP) is 3.34. The van der Waals surface area contributed by atoms with E-state index in [1.165, 1.54) is 11.3 Å². The molecule has 0 aromatic carbocycles. The summed E-state index contributed by atoms with van der Waals surface area (Å²) in [6.07, 6.45) is -3.77. The molecule has 3 rings (SSSR count). The number of H-pyrrole nitrogens is 1. The van der Waals surface area contributed by atoms with E-state index in [0.717, 1.165) is 4.88 Å². The van der Waals surface area contributed by atoms with E-state index >= 15 is 0 Å². The number of aromatic amines is 1. The Balaban J connectivity index is 1.49. The molecule has 30 heavy (non-hydrogen) atoms. The van der Waals surface area contributed by atoms with Crippen LogP contribution in [0.2, 0.25) is 0 Å². The number of amides is 1. The third-order valence-corrected chi connectivity index (χ3v) is 6.06. The monoisotopic (exact) mass is 463 g/mol. The van der Waals surface area contributed by atoms with E-state index in [0.29, 0.717) is 49.7 Å². The summed E-state index contributed by atoms with van der Waals surface area (Å²) in [6, 6.07) is 3.36. The molecule has 0 spiro atoms. The van der Waals surface area contributed by atoms with E-state index in [1.807, 2.05) is 24.4 Å². The van der Waals surface area contributed by atoms with Crippen molar-refractivity contribution in [3.05, 3.63) is 22.3 Å². The Morgan fingerprint density at radius 2 is 2.10 bits per heavy atom. The number of hydrogen-bond donors (Lipinski definition) is 1. The van der Waals surface area contributed by atoms with E-state index in [-0.39, 0.29) is 12.5 Å². The van der Waals surface area contributed by atoms with Crippen molar-refractivity contribution in [2.75, 3.05) is 45.9 Å². The third kappa shape index (κ3) is 5.90. The molecule has 0 saturated carbocycles. The van der Waals surface area contributed by atoms with Gasteiger partial charge in [-0.05, 0) is 37.0 Å². The first-order valence-electron chi connectivity index (χ1n) is 9.62. The molecule has 2 aromatic heterocycles. The second-order valence-corrected chi connectivity index (χ2v) is 8.40. The molecule has 1 fully saturated rings. The van der Waals surface area contributed by atoms with Crippen LogP contribution in [0.1, 0.15) is 19.4 Å². The predicted molar refractivity (Wildman–Crippen MR) is 110 cm³/mol. The summed E-state index contributed by atoms with van der Waals surface area (Å²) in [5.41, 5.74) is 0. The fraction of sp³-hybridized carbons (Fsp3) is 0.611. The van der Waals surface area contributed by atoms with E-state index in [1.54, 1.807) is 9.47 Å². The number of nitrogens with zero attached hydrogens (tertiary/aromatic N) is 4. The molecular formula is C18H24F3N5O2S2. The Morgan fingerprint density at radius 1 is 1.37 bits per heavy atom. The van der Waals surface area contributed by atoms with Gasteiger partial charge in [0, 0.05) is 39.3 Å². The average molecular weight is 464 g/mol. The minimum Gasteiger partial charge on any atom is -0.372 e. The van der Waals surface area contributed by atoms with Crippen LogP contribution in [0.15, 0.2) is 17.5 Å². The first-order valence-corrected chi connectivity index (χ1v) is 10.9. The summed E-state index contributed by atoms with van der Waals surface area (Å²) in [7, 11) is 0. The lowest BCUT2D eigenvalue weighted by Gasteiger charge is -2.36. The van der Waals surface area contributed by atoms with Gasteiger partial charge in [0.15, 0.2) is 10.6 Å². The Morgan fingerprint density at radius 3 is 2.73 bits per heavy atom. The molecule has 1 aliphatic heterocycles. The van der Waals surface area contributed by atoms with Crippen molar-refractivity contribution < 1.29 is 22.7 Å². The van der Waals surface area contributed by atoms with Crippen LogP contribution in [-0.2, 0) is 9.53 Å². The zero-order chi connectivity index (χ0) is 21.7. The lowest BCUT2D eigenvalue weighted by molar-refractivity contribution is -0.174. The number of piperazine rings is 1. The zero-order valence-corrected chi connectivity index (χ0v) is 18.2. The highest BCUT2D eigenvalue weighted by Crippen LogP contribution is 2.26. The summed E-state index contributed by atoms with van der Waals surface area (Å²) in [5, 5.41) is 8.99. The molecule has 2 aromatic rings. The van der Waals surface area contributed by atoms with Gasteiger partial charge in [-0.15, -0.1) is 11.3 Å². The van der Waals surface area contributed by atoms with Gasteiger partial charge in [0.1, 0.15) is 12.6 Å². The topological polar surface area (TPSA) is 66.4 Å². The minimum atomic E-state index is -4.29. The summed E-state index contributed by atoms with van der Waals surface area (Å²) in [6.45, 7) is 3.79. The van der Waals surface area contributed by atoms with Crippen molar-refractivity contribution in [1.29, 1.82) is 0 Å². The quantitative estimate of drug-likeness (QED) is 0.481. The molecule has 1 saturated heterocycles. The molecule has 7 nitrogen and oxygen atoms in total. The maximum Gasteiger partial charge on any atom is 0.411 e. The standard InChI is InChI=1S/C18H24F3N5O2S2/c1-13(26-15(22-23-17(26)29)14-4-2-11-30-14)16(27)25-8-6-24(7-9-25)5-3-10-28-12-18(19,20)21/h2,4,11,13H,3,5-10,12H2,1H3,(H,23,29). The van der Waals surface area contributed by atoms with Gasteiger partial charge >= 0.3 is 6.18 Å². The smallest absolute Gasteiger partial charge is 0.372 e. The minimum absolute atomic E-state index is 0.0292. The fourth-order valence-corrected chi connectivity index (χ4v) is 4.39. The van der Waals surface area contributed by atoms with Gasteiger partial charge in [-0.25, -0.2) is 0 Å². The Bertz CT molecular complexity index is 873. The number of hydrogen-bond acceptors (Lipinski definition) is 6. The van der Waals surface area contributed by atoms with Crippen molar-refractivity contribution in [1.82, 2.24) is 24.6 Å². The molecule has 1 unspecified atom stereocenters. The number of ether oxygens (including phenoxy) is 1. The van der Waals surface area contributed by atoms with Crippen molar-refractivity contribution in [3.8, 4) is 10.7 Å². The second kappa shape index (κ2) is 10.0. The maximum absolute atomic E-state index is 13.0. The fourth-order valence-electron chi connectivity index (χ4n) is 3.39. The Labute approximate surface area is 181 Å². The van der Waals surface area contributed by atoms with Gasteiger partial charge in [0.2, 0.25) is 5.91 Å². The number of aromatic nitrogens is 3. The van der Waals surface area contributed by atoms with E-state index in [2.05, 4.69) is 19.8 Å². The highest BCUT2D eigenvalue weighted by molar-refractivity contribution is 7.71. The second-order valence-electron chi connectivity index (χ2n) is 7.06. The molecule has 0 radical (unpaired) electrons. The molecule has 12 heteroatoms. The van der Waals surface area contributed by atoms with Gasteiger partial charge in [-0.1, -0.05) is 6.07 Å². The van der Waals surface area contributed by atoms with Crippen LogP contribution in [0, 0.1) is 4.77 Å². The van der Waals surface area contributed by atoms with Crippen molar-refractivity contribution in [3.63, 3.8) is 0 Å². The van der Waals surface area contributed by atoms with Crippen molar-refractivity contribution >= 4 is 29.5 Å². The van der Waals surface area contributed by atoms with Crippen LogP contribution in [0.4, 0.5) is 13.2 Å². The van der Waals surface area contributed by atoms with Gasteiger partial charge in [0.05, 0.1) is 4.88 Å². The molecule has 3 heterocycles. The molecule has 0 bridgehead atoms. The molecule has 166 valence electrons. The van der Waals surface area contributed by atoms with Crippen LogP contribution in [0.25, 0.3) is 10.7 Å². The van der Waals surface area contributed by atoms with Crippen molar-refractivity contribution in [2.45, 2.75) is 25.6 Å². The van der Waals surface area contributed by atoms with Gasteiger partial charge < -0.3 is 9.64 Å².